The van der Waals surface area contributed by atoms with Crippen LogP contribution in [0.25, 0.3) is 22.2 Å². The minimum atomic E-state index is 0.232. The van der Waals surface area contributed by atoms with Crippen molar-refractivity contribution in [2.45, 2.75) is 19.8 Å². The average Bonchev–Trinajstić information content (AvgIpc) is 2.77. The van der Waals surface area contributed by atoms with Gasteiger partial charge < -0.3 is 14.9 Å². The maximum atomic E-state index is 9.00. The summed E-state index contributed by atoms with van der Waals surface area (Å²) in [5.74, 6) is 0.995. The van der Waals surface area contributed by atoms with Crippen molar-refractivity contribution in [3.05, 3.63) is 54.2 Å². The Hall–Kier alpha value is -2.50. The van der Waals surface area contributed by atoms with Gasteiger partial charge in [0.05, 0.1) is 5.69 Å². The van der Waals surface area contributed by atoms with Crippen LogP contribution in [0.5, 0.6) is 0 Å². The molecular formula is C23H28N4O. The smallest absolute Gasteiger partial charge is 0.155 e. The Labute approximate surface area is 166 Å². The first-order chi connectivity index (χ1) is 13.8. The monoisotopic (exact) mass is 376 g/mol. The van der Waals surface area contributed by atoms with Crippen molar-refractivity contribution < 1.29 is 5.11 Å². The van der Waals surface area contributed by atoms with Gasteiger partial charge in [-0.05, 0) is 37.1 Å². The van der Waals surface area contributed by atoms with E-state index >= 15 is 0 Å². The maximum absolute atomic E-state index is 9.00. The molecule has 4 rings (SSSR count). The third kappa shape index (κ3) is 4.01. The van der Waals surface area contributed by atoms with Gasteiger partial charge in [-0.1, -0.05) is 37.3 Å². The summed E-state index contributed by atoms with van der Waals surface area (Å²) in [6, 6.07) is 14.8. The SMILES string of the molecule is CCN1CCN(c2nccc3ccc(-c4ccc(CCCO)cc4)nc23)CC1. The zero-order valence-electron chi connectivity index (χ0n) is 16.5. The normalized spacial score (nSPS) is 15.3. The molecule has 5 heteroatoms. The predicted molar refractivity (Wildman–Crippen MR) is 115 cm³/mol. The van der Waals surface area contributed by atoms with Gasteiger partial charge in [0.15, 0.2) is 5.82 Å². The summed E-state index contributed by atoms with van der Waals surface area (Å²) < 4.78 is 0. The number of aliphatic hydroxyl groups excluding tert-OH is 1. The molecule has 0 saturated carbocycles. The van der Waals surface area contributed by atoms with E-state index in [1.54, 1.807) is 0 Å². The summed E-state index contributed by atoms with van der Waals surface area (Å²) >= 11 is 0. The van der Waals surface area contributed by atoms with Crippen LogP contribution in [0, 0.1) is 0 Å². The quantitative estimate of drug-likeness (QED) is 0.715. The Morgan fingerprint density at radius 3 is 2.46 bits per heavy atom. The number of aliphatic hydroxyl groups is 1. The van der Waals surface area contributed by atoms with E-state index in [1.807, 2.05) is 12.3 Å². The first-order valence-electron chi connectivity index (χ1n) is 10.2. The van der Waals surface area contributed by atoms with E-state index in [9.17, 15) is 0 Å². The lowest BCUT2D eigenvalue weighted by molar-refractivity contribution is 0.271. The van der Waals surface area contributed by atoms with E-state index in [4.69, 9.17) is 10.1 Å². The molecule has 1 saturated heterocycles. The first kappa shape index (κ1) is 18.8. The van der Waals surface area contributed by atoms with Crippen molar-refractivity contribution in [1.29, 1.82) is 0 Å². The third-order valence-corrected chi connectivity index (χ3v) is 5.58. The molecular weight excluding hydrogens is 348 g/mol. The van der Waals surface area contributed by atoms with Gasteiger partial charge in [-0.25, -0.2) is 9.97 Å². The zero-order valence-corrected chi connectivity index (χ0v) is 16.5. The number of aromatic nitrogens is 2. The molecule has 0 bridgehead atoms. The van der Waals surface area contributed by atoms with E-state index in [-0.39, 0.29) is 6.61 Å². The van der Waals surface area contributed by atoms with Gasteiger partial charge in [0.1, 0.15) is 5.52 Å². The van der Waals surface area contributed by atoms with Gasteiger partial charge in [-0.2, -0.15) is 0 Å². The number of likely N-dealkylation sites (N-methyl/N-ethyl adjacent to an activating group) is 1. The summed E-state index contributed by atoms with van der Waals surface area (Å²) in [4.78, 5) is 14.5. The molecule has 1 fully saturated rings. The molecule has 3 heterocycles. The van der Waals surface area contributed by atoms with Gasteiger partial charge in [-0.15, -0.1) is 0 Å². The zero-order chi connectivity index (χ0) is 19.3. The fraction of sp³-hybridized carbons (Fsp3) is 0.391. The summed E-state index contributed by atoms with van der Waals surface area (Å²) in [6.45, 7) is 7.68. The van der Waals surface area contributed by atoms with Crippen LogP contribution < -0.4 is 4.90 Å². The molecule has 0 amide bonds. The van der Waals surface area contributed by atoms with Crippen molar-refractivity contribution in [2.24, 2.45) is 0 Å². The molecule has 2 aromatic heterocycles. The van der Waals surface area contributed by atoms with Crippen LogP contribution in [0.1, 0.15) is 18.9 Å². The van der Waals surface area contributed by atoms with Crippen LogP contribution in [0.3, 0.4) is 0 Å². The predicted octanol–water partition coefficient (Wildman–Crippen LogP) is 3.36. The number of nitrogens with zero attached hydrogens (tertiary/aromatic N) is 4. The third-order valence-electron chi connectivity index (χ3n) is 5.58. The van der Waals surface area contributed by atoms with Gasteiger partial charge in [0.25, 0.3) is 0 Å². The summed E-state index contributed by atoms with van der Waals surface area (Å²) in [5.41, 5.74) is 4.31. The number of rotatable bonds is 6. The van der Waals surface area contributed by atoms with Gasteiger partial charge >= 0.3 is 0 Å². The number of hydrogen-bond acceptors (Lipinski definition) is 5. The molecule has 0 atom stereocenters. The Bertz CT molecular complexity index is 918. The maximum Gasteiger partial charge on any atom is 0.155 e. The highest BCUT2D eigenvalue weighted by molar-refractivity contribution is 5.90. The second-order valence-electron chi connectivity index (χ2n) is 7.35. The molecule has 5 nitrogen and oxygen atoms in total. The lowest BCUT2D eigenvalue weighted by atomic mass is 10.0. The van der Waals surface area contributed by atoms with Gasteiger partial charge in [-0.3, -0.25) is 0 Å². The molecule has 0 aliphatic carbocycles. The van der Waals surface area contributed by atoms with Crippen LogP contribution in [-0.2, 0) is 6.42 Å². The molecule has 0 unspecified atom stereocenters. The van der Waals surface area contributed by atoms with Crippen LogP contribution in [0.2, 0.25) is 0 Å². The minimum absolute atomic E-state index is 0.232. The summed E-state index contributed by atoms with van der Waals surface area (Å²) in [5, 5.41) is 10.1. The highest BCUT2D eigenvalue weighted by Gasteiger charge is 2.19. The van der Waals surface area contributed by atoms with Crippen molar-refractivity contribution in [2.75, 3.05) is 44.2 Å². The van der Waals surface area contributed by atoms with Crippen LogP contribution >= 0.6 is 0 Å². The number of piperazine rings is 1. The summed E-state index contributed by atoms with van der Waals surface area (Å²) in [6.07, 6.45) is 3.59. The standard InChI is InChI=1S/C23H28N4O/c1-2-26-13-15-27(16-14-26)23-22-20(11-12-24-23)9-10-21(25-22)19-7-5-18(6-8-19)4-3-17-28/h5-12,28H,2-4,13-17H2,1H3. The largest absolute Gasteiger partial charge is 0.396 e. The second-order valence-corrected chi connectivity index (χ2v) is 7.35. The highest BCUT2D eigenvalue weighted by Crippen LogP contribution is 2.27. The highest BCUT2D eigenvalue weighted by atomic mass is 16.2. The molecule has 3 aromatic rings. The van der Waals surface area contributed by atoms with Crippen LogP contribution in [0.4, 0.5) is 5.82 Å². The molecule has 28 heavy (non-hydrogen) atoms. The van der Waals surface area contributed by atoms with Crippen molar-refractivity contribution in [1.82, 2.24) is 14.9 Å². The number of pyridine rings is 2. The van der Waals surface area contributed by atoms with Crippen molar-refractivity contribution in [3.63, 3.8) is 0 Å². The lowest BCUT2D eigenvalue weighted by Gasteiger charge is -2.35. The van der Waals surface area contributed by atoms with E-state index in [0.29, 0.717) is 0 Å². The number of benzene rings is 1. The molecule has 0 radical (unpaired) electrons. The Kier molecular flexibility index (Phi) is 5.84. The molecule has 1 aliphatic heterocycles. The second kappa shape index (κ2) is 8.67. The van der Waals surface area contributed by atoms with Crippen LogP contribution in [-0.4, -0.2) is 59.3 Å². The molecule has 1 N–H and O–H groups in total. The van der Waals surface area contributed by atoms with E-state index in [2.05, 4.69) is 58.1 Å². The molecule has 0 spiro atoms. The number of fused-ring (bicyclic) bond motifs is 1. The molecule has 1 aromatic carbocycles. The lowest BCUT2D eigenvalue weighted by Crippen LogP contribution is -2.46. The fourth-order valence-corrected chi connectivity index (χ4v) is 3.83. The number of hydrogen-bond donors (Lipinski definition) is 1. The topological polar surface area (TPSA) is 52.5 Å². The van der Waals surface area contributed by atoms with Gasteiger partial charge in [0.2, 0.25) is 0 Å². The Morgan fingerprint density at radius 1 is 0.964 bits per heavy atom. The van der Waals surface area contributed by atoms with Gasteiger partial charge in [0, 0.05) is 49.9 Å². The fourth-order valence-electron chi connectivity index (χ4n) is 3.83. The minimum Gasteiger partial charge on any atom is -0.396 e. The average molecular weight is 377 g/mol. The van der Waals surface area contributed by atoms with E-state index < -0.39 is 0 Å². The molecule has 146 valence electrons. The van der Waals surface area contributed by atoms with E-state index in [0.717, 1.165) is 73.5 Å². The Morgan fingerprint density at radius 2 is 1.75 bits per heavy atom. The molecule has 1 aliphatic rings. The van der Waals surface area contributed by atoms with Crippen LogP contribution in [0.15, 0.2) is 48.7 Å². The number of aryl methyl sites for hydroxylation is 1. The Balaban J connectivity index is 1.63. The van der Waals surface area contributed by atoms with Crippen molar-refractivity contribution in [3.8, 4) is 11.3 Å². The van der Waals surface area contributed by atoms with E-state index in [1.165, 1.54) is 5.56 Å². The van der Waals surface area contributed by atoms with Crippen molar-refractivity contribution >= 4 is 16.7 Å². The first-order valence-corrected chi connectivity index (χ1v) is 10.2. The summed E-state index contributed by atoms with van der Waals surface area (Å²) in [7, 11) is 0. The number of anilines is 1.